The van der Waals surface area contributed by atoms with Gasteiger partial charge in [0.1, 0.15) is 0 Å². The Morgan fingerprint density at radius 1 is 1.06 bits per heavy atom. The number of pyridine rings is 1. The number of rotatable bonds is 5. The molecule has 1 unspecified atom stereocenters. The van der Waals surface area contributed by atoms with Gasteiger partial charge in [0.2, 0.25) is 0 Å². The minimum absolute atomic E-state index is 0.216. The Morgan fingerprint density at radius 2 is 1.78 bits per heavy atom. The first-order valence-electron chi connectivity index (χ1n) is 6.84. The van der Waals surface area contributed by atoms with Crippen molar-refractivity contribution in [3.63, 3.8) is 0 Å². The SMILES string of the molecule is CCC(CC)C(N)Cc1ccc2ccccc2n1. The van der Waals surface area contributed by atoms with Gasteiger partial charge >= 0.3 is 0 Å². The van der Waals surface area contributed by atoms with E-state index in [1.807, 2.05) is 12.1 Å². The molecule has 0 saturated carbocycles. The Kier molecular flexibility index (Phi) is 4.32. The van der Waals surface area contributed by atoms with E-state index in [1.165, 1.54) is 5.39 Å². The van der Waals surface area contributed by atoms with E-state index in [4.69, 9.17) is 5.73 Å². The van der Waals surface area contributed by atoms with Gasteiger partial charge in [0.25, 0.3) is 0 Å². The summed E-state index contributed by atoms with van der Waals surface area (Å²) >= 11 is 0. The second kappa shape index (κ2) is 5.96. The van der Waals surface area contributed by atoms with Crippen molar-refractivity contribution < 1.29 is 0 Å². The van der Waals surface area contributed by atoms with Crippen molar-refractivity contribution in [1.82, 2.24) is 4.98 Å². The maximum Gasteiger partial charge on any atom is 0.0705 e. The van der Waals surface area contributed by atoms with Crippen LogP contribution in [0.3, 0.4) is 0 Å². The van der Waals surface area contributed by atoms with Gasteiger partial charge in [0.15, 0.2) is 0 Å². The highest BCUT2D eigenvalue weighted by atomic mass is 14.7. The molecule has 18 heavy (non-hydrogen) atoms. The number of benzene rings is 1. The Labute approximate surface area is 109 Å². The molecule has 0 aliphatic rings. The first-order valence-corrected chi connectivity index (χ1v) is 6.84. The summed E-state index contributed by atoms with van der Waals surface area (Å²) in [6.45, 7) is 4.42. The average Bonchev–Trinajstić information content (AvgIpc) is 2.40. The van der Waals surface area contributed by atoms with Crippen molar-refractivity contribution in [3.8, 4) is 0 Å². The van der Waals surface area contributed by atoms with Crippen LogP contribution in [0.15, 0.2) is 36.4 Å². The van der Waals surface area contributed by atoms with Crippen molar-refractivity contribution in [2.75, 3.05) is 0 Å². The lowest BCUT2D eigenvalue weighted by Gasteiger charge is -2.20. The fourth-order valence-corrected chi connectivity index (χ4v) is 2.52. The number of hydrogen-bond acceptors (Lipinski definition) is 2. The van der Waals surface area contributed by atoms with Crippen molar-refractivity contribution in [3.05, 3.63) is 42.1 Å². The smallest absolute Gasteiger partial charge is 0.0705 e. The van der Waals surface area contributed by atoms with Gasteiger partial charge in [-0.15, -0.1) is 0 Å². The van der Waals surface area contributed by atoms with Crippen LogP contribution in [-0.2, 0) is 6.42 Å². The number of aromatic nitrogens is 1. The van der Waals surface area contributed by atoms with Crippen molar-refractivity contribution in [1.29, 1.82) is 0 Å². The minimum atomic E-state index is 0.216. The molecule has 0 aliphatic carbocycles. The third-order valence-electron chi connectivity index (χ3n) is 3.76. The van der Waals surface area contributed by atoms with E-state index in [9.17, 15) is 0 Å². The number of para-hydroxylation sites is 1. The van der Waals surface area contributed by atoms with Gasteiger partial charge in [-0.2, -0.15) is 0 Å². The quantitative estimate of drug-likeness (QED) is 0.871. The summed E-state index contributed by atoms with van der Waals surface area (Å²) in [5.74, 6) is 0.596. The lowest BCUT2D eigenvalue weighted by molar-refractivity contribution is 0.391. The molecule has 1 atom stereocenters. The Bertz CT molecular complexity index is 503. The van der Waals surface area contributed by atoms with Crippen LogP contribution in [0.25, 0.3) is 10.9 Å². The predicted molar refractivity (Wildman–Crippen MR) is 77.5 cm³/mol. The molecule has 0 radical (unpaired) electrons. The first kappa shape index (κ1) is 13.0. The summed E-state index contributed by atoms with van der Waals surface area (Å²) in [6, 6.07) is 12.7. The molecule has 96 valence electrons. The van der Waals surface area contributed by atoms with Gasteiger partial charge in [0, 0.05) is 23.5 Å². The van der Waals surface area contributed by atoms with E-state index in [0.717, 1.165) is 30.5 Å². The molecule has 0 amide bonds. The van der Waals surface area contributed by atoms with E-state index < -0.39 is 0 Å². The lowest BCUT2D eigenvalue weighted by Crippen LogP contribution is -2.31. The van der Waals surface area contributed by atoms with E-state index >= 15 is 0 Å². The zero-order chi connectivity index (χ0) is 13.0. The highest BCUT2D eigenvalue weighted by molar-refractivity contribution is 5.78. The lowest BCUT2D eigenvalue weighted by atomic mass is 9.91. The summed E-state index contributed by atoms with van der Waals surface area (Å²) in [4.78, 5) is 4.69. The third-order valence-corrected chi connectivity index (χ3v) is 3.76. The van der Waals surface area contributed by atoms with Gasteiger partial charge in [-0.1, -0.05) is 51.0 Å². The molecule has 2 aromatic rings. The first-order chi connectivity index (χ1) is 8.74. The second-order valence-electron chi connectivity index (χ2n) is 4.94. The van der Waals surface area contributed by atoms with Crippen LogP contribution in [-0.4, -0.2) is 11.0 Å². The van der Waals surface area contributed by atoms with Crippen LogP contribution in [0.5, 0.6) is 0 Å². The van der Waals surface area contributed by atoms with Gasteiger partial charge in [-0.25, -0.2) is 0 Å². The van der Waals surface area contributed by atoms with Crippen LogP contribution in [0, 0.1) is 5.92 Å². The molecule has 1 aromatic heterocycles. The fraction of sp³-hybridized carbons (Fsp3) is 0.438. The Morgan fingerprint density at radius 3 is 2.50 bits per heavy atom. The maximum absolute atomic E-state index is 6.28. The van der Waals surface area contributed by atoms with Crippen LogP contribution >= 0.6 is 0 Å². The van der Waals surface area contributed by atoms with Gasteiger partial charge < -0.3 is 5.73 Å². The monoisotopic (exact) mass is 242 g/mol. The summed E-state index contributed by atoms with van der Waals surface area (Å²) in [5.41, 5.74) is 8.44. The molecule has 0 fully saturated rings. The molecule has 0 bridgehead atoms. The van der Waals surface area contributed by atoms with Crippen LogP contribution in [0.2, 0.25) is 0 Å². The number of nitrogens with zero attached hydrogens (tertiary/aromatic N) is 1. The van der Waals surface area contributed by atoms with Crippen molar-refractivity contribution in [2.45, 2.75) is 39.2 Å². The molecule has 0 aliphatic heterocycles. The summed E-state index contributed by atoms with van der Waals surface area (Å²) in [5, 5.41) is 1.19. The number of fused-ring (bicyclic) bond motifs is 1. The van der Waals surface area contributed by atoms with Crippen molar-refractivity contribution in [2.24, 2.45) is 11.7 Å². The summed E-state index contributed by atoms with van der Waals surface area (Å²) in [7, 11) is 0. The zero-order valence-electron chi connectivity index (χ0n) is 11.3. The highest BCUT2D eigenvalue weighted by Gasteiger charge is 2.15. The number of hydrogen-bond donors (Lipinski definition) is 1. The van der Waals surface area contributed by atoms with Crippen LogP contribution in [0.4, 0.5) is 0 Å². The molecule has 1 heterocycles. The van der Waals surface area contributed by atoms with E-state index in [0.29, 0.717) is 5.92 Å². The molecule has 0 saturated heterocycles. The van der Waals surface area contributed by atoms with Crippen LogP contribution in [0.1, 0.15) is 32.4 Å². The predicted octanol–water partition coefficient (Wildman–Crippen LogP) is 3.54. The van der Waals surface area contributed by atoms with Gasteiger partial charge in [-0.3, -0.25) is 4.98 Å². The molecule has 2 rings (SSSR count). The summed E-state index contributed by atoms with van der Waals surface area (Å²) in [6.07, 6.45) is 3.16. The molecular formula is C16H22N2. The van der Waals surface area contributed by atoms with Gasteiger partial charge in [-0.05, 0) is 18.1 Å². The molecular weight excluding hydrogens is 220 g/mol. The highest BCUT2D eigenvalue weighted by Crippen LogP contribution is 2.17. The molecule has 2 nitrogen and oxygen atoms in total. The number of nitrogens with two attached hydrogens (primary N) is 1. The maximum atomic E-state index is 6.28. The van der Waals surface area contributed by atoms with E-state index in [-0.39, 0.29) is 6.04 Å². The minimum Gasteiger partial charge on any atom is -0.327 e. The second-order valence-corrected chi connectivity index (χ2v) is 4.94. The molecule has 1 aromatic carbocycles. The van der Waals surface area contributed by atoms with Crippen molar-refractivity contribution >= 4 is 10.9 Å². The Balaban J connectivity index is 2.16. The van der Waals surface area contributed by atoms with E-state index in [1.54, 1.807) is 0 Å². The standard InChI is InChI=1S/C16H22N2/c1-3-12(4-2)15(17)11-14-10-9-13-7-5-6-8-16(13)18-14/h5-10,12,15H,3-4,11,17H2,1-2H3. The fourth-order valence-electron chi connectivity index (χ4n) is 2.52. The normalized spacial score (nSPS) is 13.1. The molecule has 2 N–H and O–H groups in total. The van der Waals surface area contributed by atoms with Crippen LogP contribution < -0.4 is 5.73 Å². The Hall–Kier alpha value is -1.41. The average molecular weight is 242 g/mol. The largest absolute Gasteiger partial charge is 0.327 e. The summed E-state index contributed by atoms with van der Waals surface area (Å²) < 4.78 is 0. The molecule has 0 spiro atoms. The molecule has 2 heteroatoms. The van der Waals surface area contributed by atoms with Gasteiger partial charge in [0.05, 0.1) is 5.52 Å². The third kappa shape index (κ3) is 2.88. The van der Waals surface area contributed by atoms with E-state index in [2.05, 4.69) is 43.1 Å². The zero-order valence-corrected chi connectivity index (χ0v) is 11.3. The topological polar surface area (TPSA) is 38.9 Å².